The lowest BCUT2D eigenvalue weighted by Crippen LogP contribution is -2.36. The van der Waals surface area contributed by atoms with Crippen molar-refractivity contribution >= 4 is 47.9 Å². The summed E-state index contributed by atoms with van der Waals surface area (Å²) in [4.78, 5) is 103. The van der Waals surface area contributed by atoms with Gasteiger partial charge in [0, 0.05) is 130 Å². The number of hydrogen-bond acceptors (Lipinski definition) is 23. The molecule has 110 heavy (non-hydrogen) atoms. The van der Waals surface area contributed by atoms with E-state index in [1.165, 1.54) is 43.6 Å². The summed E-state index contributed by atoms with van der Waals surface area (Å²) in [5.41, 5.74) is -0.0478. The smallest absolute Gasteiger partial charge is 0.508 e. The number of hydrogen-bond donors (Lipinski definition) is 6. The molecule has 24 nitrogen and oxygen atoms in total. The Morgan fingerprint density at radius 2 is 0.891 bits per heavy atom. The monoisotopic (exact) mass is 1520 g/mol. The van der Waals surface area contributed by atoms with Crippen LogP contribution in [-0.4, -0.2) is 130 Å². The molecule has 3 aromatic rings. The van der Waals surface area contributed by atoms with E-state index in [0.717, 1.165) is 0 Å². The van der Waals surface area contributed by atoms with Crippen molar-refractivity contribution in [2.45, 2.75) is 199 Å². The molecule has 0 spiro atoms. The zero-order valence-corrected chi connectivity index (χ0v) is 64.8. The molecule has 6 N–H and O–H groups in total. The number of esters is 6. The summed E-state index contributed by atoms with van der Waals surface area (Å²) in [6.45, 7) is 18.4. The van der Waals surface area contributed by atoms with Crippen LogP contribution in [0.5, 0.6) is 17.2 Å². The molecule has 24 heteroatoms. The number of rotatable bonds is 42. The lowest BCUT2D eigenvalue weighted by molar-refractivity contribution is -0.156. The van der Waals surface area contributed by atoms with Gasteiger partial charge in [-0.05, 0) is 99.4 Å². The number of benzene rings is 1. The number of nitrogens with zero attached hydrogens (tertiary/aromatic N) is 2. The second-order valence-corrected chi connectivity index (χ2v) is 27.1. The van der Waals surface area contributed by atoms with E-state index in [4.69, 9.17) is 115 Å². The van der Waals surface area contributed by atoms with Crippen LogP contribution in [0.2, 0.25) is 0 Å². The molecule has 1 unspecified atom stereocenters. The summed E-state index contributed by atoms with van der Waals surface area (Å²) in [5.74, 6) is 22.0. The topological polar surface area (TPSA) is 349 Å². The number of phenolic OH excluding ortho intramolecular Hbond substituents is 1. The number of unbranched alkanes of at least 4 members (excludes halogenated alkanes) is 2. The van der Waals surface area contributed by atoms with Gasteiger partial charge in [-0.2, -0.15) is 0 Å². The quantitative estimate of drug-likeness (QED) is 0.0101. The highest BCUT2D eigenvalue weighted by Gasteiger charge is 2.33. The molecule has 0 aliphatic heterocycles. The van der Waals surface area contributed by atoms with Crippen LogP contribution in [0.3, 0.4) is 0 Å². The van der Waals surface area contributed by atoms with Crippen molar-refractivity contribution in [3.63, 3.8) is 0 Å². The minimum atomic E-state index is -0.966. The number of amides is 1. The van der Waals surface area contributed by atoms with Gasteiger partial charge in [0.2, 0.25) is 15.1 Å². The highest BCUT2D eigenvalue weighted by Crippen LogP contribution is 2.31. The van der Waals surface area contributed by atoms with E-state index in [-0.39, 0.29) is 145 Å². The van der Waals surface area contributed by atoms with Crippen LogP contribution in [0.1, 0.15) is 196 Å². The minimum absolute atomic E-state index is 0.00920. The third-order valence-corrected chi connectivity index (χ3v) is 15.2. The Morgan fingerprint density at radius 1 is 0.491 bits per heavy atom. The molecule has 0 radical (unpaired) electrons. The summed E-state index contributed by atoms with van der Waals surface area (Å²) < 4.78 is 75.3. The number of terminal acetylenes is 10. The Morgan fingerprint density at radius 3 is 1.28 bits per heavy atom. The molecular formula is C86H105N3O21. The second-order valence-electron chi connectivity index (χ2n) is 27.1. The van der Waals surface area contributed by atoms with Crippen LogP contribution < -0.4 is 5.32 Å². The van der Waals surface area contributed by atoms with Crippen LogP contribution in [0.15, 0.2) is 36.7 Å². The number of aliphatic hydroxyl groups is 2. The Hall–Kier alpha value is -12.0. The zero-order valence-electron chi connectivity index (χ0n) is 69.8. The fraction of sp³-hybridized carbons (Fsp3) is 0.488. The van der Waals surface area contributed by atoms with Crippen molar-refractivity contribution in [2.75, 3.05) is 33.0 Å². The number of carbonyl (C=O) groups excluding carboxylic acids is 8. The number of aromatic hydroxyl groups is 3. The number of pyridine rings is 2. The molecule has 0 bridgehead atoms. The summed E-state index contributed by atoms with van der Waals surface area (Å²) in [6.07, 6.45) is 58.7. The minimum Gasteiger partial charge on any atom is -0.508 e. The molecule has 1 atom stereocenters. The van der Waals surface area contributed by atoms with Crippen LogP contribution in [0, 0.1) is 177 Å². The molecule has 2 aromatic heterocycles. The third kappa shape index (κ3) is 41.8. The maximum absolute atomic E-state index is 12.5. The van der Waals surface area contributed by atoms with E-state index in [0.29, 0.717) is 96.3 Å². The fourth-order valence-electron chi connectivity index (χ4n) is 8.34. The molecule has 0 saturated carbocycles. The van der Waals surface area contributed by atoms with E-state index in [1.807, 2.05) is 0 Å². The van der Waals surface area contributed by atoms with Gasteiger partial charge in [0.15, 0.2) is 0 Å². The van der Waals surface area contributed by atoms with E-state index in [2.05, 4.69) is 94.6 Å². The van der Waals surface area contributed by atoms with Crippen molar-refractivity contribution in [1.82, 2.24) is 15.3 Å². The maximum Gasteiger partial charge on any atom is 0.510 e. The molecular weight excluding hydrogens is 1410 g/mol. The Bertz CT molecular complexity index is 3840. The van der Waals surface area contributed by atoms with Gasteiger partial charge >= 0.3 is 42.0 Å². The predicted molar refractivity (Wildman–Crippen MR) is 413 cm³/mol. The van der Waals surface area contributed by atoms with Crippen molar-refractivity contribution in [1.29, 1.82) is 7.16 Å². The Kier molecular flexibility index (Phi) is 44.8. The molecule has 0 aliphatic carbocycles. The number of carbonyl (C=O) groups is 8. The van der Waals surface area contributed by atoms with Crippen LogP contribution >= 0.6 is 0 Å². The normalized spacial score (nSPS) is 11.2. The Balaban J connectivity index is 0. The summed E-state index contributed by atoms with van der Waals surface area (Å²) in [6, 6.07) is 6.10. The van der Waals surface area contributed by atoms with Crippen LogP contribution in [0.25, 0.3) is 0 Å². The highest BCUT2D eigenvalue weighted by molar-refractivity contribution is 5.89. The molecule has 2 heterocycles. The fourth-order valence-corrected chi connectivity index (χ4v) is 8.34. The van der Waals surface area contributed by atoms with Gasteiger partial charge in [-0.25, -0.2) is 9.59 Å². The number of aryl methyl sites for hydroxylation is 2. The Labute approximate surface area is 657 Å². The summed E-state index contributed by atoms with van der Waals surface area (Å²) in [7, 11) is 0. The van der Waals surface area contributed by atoms with E-state index in [9.17, 15) is 38.4 Å². The number of nitrogens with one attached hydrogen (secondary N) is 1. The van der Waals surface area contributed by atoms with Gasteiger partial charge in [-0.15, -0.1) is 123 Å². The van der Waals surface area contributed by atoms with Gasteiger partial charge in [0.1, 0.15) is 37.1 Å². The molecule has 1 amide bonds. The first kappa shape index (κ1) is 90.4. The van der Waals surface area contributed by atoms with Gasteiger partial charge < -0.3 is 68.8 Å². The number of aliphatic hydroxyl groups excluding tert-OH is 2. The molecule has 1 aromatic carbocycles. The molecule has 0 fully saturated rings. The van der Waals surface area contributed by atoms with E-state index < -0.39 is 58.0 Å². The molecule has 3 rings (SSSR count). The van der Waals surface area contributed by atoms with Crippen molar-refractivity contribution in [2.24, 2.45) is 39.4 Å². The predicted octanol–water partition coefficient (Wildman–Crippen LogP) is 10.8. The summed E-state index contributed by atoms with van der Waals surface area (Å²) in [5, 5.41) is 24.8. The second kappa shape index (κ2) is 54.6. The maximum atomic E-state index is 12.5. The first-order valence-electron chi connectivity index (χ1n) is 36.6. The van der Waals surface area contributed by atoms with E-state index >= 15 is 0 Å². The average Bonchev–Trinajstić information content (AvgIpc) is 0.820. The molecule has 0 saturated heterocycles. The summed E-state index contributed by atoms with van der Waals surface area (Å²) >= 11 is 0. The van der Waals surface area contributed by atoms with Crippen LogP contribution in [-0.2, 0) is 93.0 Å². The number of phenols is 1. The van der Waals surface area contributed by atoms with Gasteiger partial charge in [-0.3, -0.25) is 38.7 Å². The molecule has 590 valence electrons. The standard InChI is InChI=1S/C22H28N2O4.C22H27NO5.C16H22O5.C15H14O3.C11H14O4/c1-8-10-21(4,5)19(26)24-13-17-16(12-23-15(3)18(17)25)14-28-20(27)22(6,7)11-9-2;1-8-10-21(4,5)19(25)27-13-16-12-23-15(3)18(24)17(16)14-28-20(26)22(6,7)11-9-2;1-3-5-7-9-15(18)20-12-14(11-17)13-21-16(19)10-8-6-4-2;1-3-5-12(6-4-2)11-18-15(17)13-7-9-14(16)10-8-13;1-4-6-10(7-5-2)8-14-11(13)15-9(3)12/h1-2,12,25H,10-11,13-14H2,3-7H3,(H,24,26);1-2,12,24H,10-11,13-14H2,3-7H3;1-2,14,17H,5-13H2;1-2,7-10,12,16H,5-6,11H2;1-2,9-10,12H,6-8H2,3H3/i;;17D;;12D/hD3. The zero-order chi connectivity index (χ0) is 87.6. The van der Waals surface area contributed by atoms with Gasteiger partial charge in [0.05, 0.1) is 77.6 Å². The lowest BCUT2D eigenvalue weighted by atomic mass is 9.88. The largest absolute Gasteiger partial charge is 0.510 e. The number of ether oxygens (including phenoxy) is 8. The van der Waals surface area contributed by atoms with Crippen molar-refractivity contribution < 1.29 is 102 Å². The first-order chi connectivity index (χ1) is 54.5. The third-order valence-electron chi connectivity index (χ3n) is 15.2. The van der Waals surface area contributed by atoms with Crippen LogP contribution in [0.4, 0.5) is 4.79 Å². The van der Waals surface area contributed by atoms with Crippen molar-refractivity contribution in [3.05, 3.63) is 75.9 Å². The first-order valence-corrected chi connectivity index (χ1v) is 34.6. The highest BCUT2D eigenvalue weighted by atomic mass is 16.8. The lowest BCUT2D eigenvalue weighted by Gasteiger charge is -2.23. The van der Waals surface area contributed by atoms with E-state index in [1.54, 1.807) is 69.2 Å². The number of aromatic nitrogens is 2. The average molecular weight is 1520 g/mol. The van der Waals surface area contributed by atoms with Gasteiger partial charge in [-0.1, -0.05) is 13.8 Å². The van der Waals surface area contributed by atoms with Crippen molar-refractivity contribution in [3.8, 4) is 141 Å². The van der Waals surface area contributed by atoms with Gasteiger partial charge in [0.25, 0.3) is 4.29 Å². The molecule has 0 aliphatic rings. The SMILES string of the molecule is [2H]OC(C)OC(=O)OCC(CC#C)CC#C.[2H]OCC(COC(=O)CCCC#C)COC(=O)CCCC#C.[2H]Oc1c(C)ncc(COC(=O)C(C)(C)CC#C)c1CNC(=O)C(C)(C)CC#C.[2H]Oc1c(C)ncc(COC(=O)C(C)(C)CC#C)c1COC(=O)C(C)(C)CC#C.[2H]Oc1ccc(C(=O)OCC(CC#C)CC#C)cc1.